The molecule has 0 saturated heterocycles. The van der Waals surface area contributed by atoms with Crippen molar-refractivity contribution in [1.29, 1.82) is 5.26 Å². The second-order valence-electron chi connectivity index (χ2n) is 3.85. The fourth-order valence-corrected chi connectivity index (χ4v) is 1.72. The maximum absolute atomic E-state index is 13.4. The van der Waals surface area contributed by atoms with Gasteiger partial charge in [-0.1, -0.05) is 24.3 Å². The van der Waals surface area contributed by atoms with Crippen LogP contribution in [0.25, 0.3) is 11.1 Å². The SMILES string of the molecule is N#Cc1c(F)cccc1-c1ccc(C(F)(F)F)cc1. The van der Waals surface area contributed by atoms with E-state index in [1.54, 1.807) is 6.07 Å². The van der Waals surface area contributed by atoms with Crippen molar-refractivity contribution >= 4 is 0 Å². The van der Waals surface area contributed by atoms with E-state index in [1.165, 1.54) is 24.3 Å². The van der Waals surface area contributed by atoms with Gasteiger partial charge >= 0.3 is 6.18 Å². The number of hydrogen-bond donors (Lipinski definition) is 0. The summed E-state index contributed by atoms with van der Waals surface area (Å²) in [7, 11) is 0. The van der Waals surface area contributed by atoms with E-state index in [2.05, 4.69) is 0 Å². The van der Waals surface area contributed by atoms with Crippen LogP contribution in [0.3, 0.4) is 0 Å². The lowest BCUT2D eigenvalue weighted by atomic mass is 9.99. The topological polar surface area (TPSA) is 23.8 Å². The summed E-state index contributed by atoms with van der Waals surface area (Å²) in [5, 5.41) is 8.87. The van der Waals surface area contributed by atoms with Crippen LogP contribution in [0.15, 0.2) is 42.5 Å². The highest BCUT2D eigenvalue weighted by molar-refractivity contribution is 5.70. The predicted octanol–water partition coefficient (Wildman–Crippen LogP) is 4.38. The standard InChI is InChI=1S/C14H7F4N/c15-13-3-1-2-11(12(13)8-19)9-4-6-10(7-5-9)14(16,17)18/h1-7H. The summed E-state index contributed by atoms with van der Waals surface area (Å²) in [4.78, 5) is 0. The average molecular weight is 265 g/mol. The largest absolute Gasteiger partial charge is 0.416 e. The minimum absolute atomic E-state index is 0.178. The number of nitrogens with zero attached hydrogens (tertiary/aromatic N) is 1. The van der Waals surface area contributed by atoms with E-state index >= 15 is 0 Å². The molecule has 0 aliphatic rings. The molecular weight excluding hydrogens is 258 g/mol. The monoisotopic (exact) mass is 265 g/mol. The van der Waals surface area contributed by atoms with Crippen molar-refractivity contribution in [2.24, 2.45) is 0 Å². The molecule has 2 aromatic carbocycles. The number of hydrogen-bond acceptors (Lipinski definition) is 1. The van der Waals surface area contributed by atoms with E-state index in [0.29, 0.717) is 5.56 Å². The van der Waals surface area contributed by atoms with Gasteiger partial charge < -0.3 is 0 Å². The zero-order valence-corrected chi connectivity index (χ0v) is 9.50. The summed E-state index contributed by atoms with van der Waals surface area (Å²) in [6.45, 7) is 0. The van der Waals surface area contributed by atoms with Crippen molar-refractivity contribution in [2.75, 3.05) is 0 Å². The molecule has 0 aromatic heterocycles. The second kappa shape index (κ2) is 4.73. The Morgan fingerprint density at radius 2 is 1.58 bits per heavy atom. The molecule has 0 spiro atoms. The van der Waals surface area contributed by atoms with Gasteiger partial charge in [-0.25, -0.2) is 4.39 Å². The number of nitriles is 1. The lowest BCUT2D eigenvalue weighted by Gasteiger charge is -2.09. The number of benzene rings is 2. The minimum Gasteiger partial charge on any atom is -0.206 e. The Labute approximate surface area is 106 Å². The zero-order chi connectivity index (χ0) is 14.0. The molecule has 2 rings (SSSR count). The van der Waals surface area contributed by atoms with Crippen molar-refractivity contribution < 1.29 is 17.6 Å². The third-order valence-corrected chi connectivity index (χ3v) is 2.65. The summed E-state index contributed by atoms with van der Waals surface area (Å²) in [5.74, 6) is -0.695. The minimum atomic E-state index is -4.42. The van der Waals surface area contributed by atoms with Crippen molar-refractivity contribution in [3.63, 3.8) is 0 Å². The molecule has 0 radical (unpaired) electrons. The summed E-state index contributed by atoms with van der Waals surface area (Å²) in [5.41, 5.74) is -0.325. The van der Waals surface area contributed by atoms with E-state index < -0.39 is 17.6 Å². The Kier molecular flexibility index (Phi) is 3.26. The van der Waals surface area contributed by atoms with Gasteiger partial charge in [0, 0.05) is 5.56 Å². The van der Waals surface area contributed by atoms with Crippen LogP contribution in [-0.2, 0) is 6.18 Å². The molecule has 0 bridgehead atoms. The first-order chi connectivity index (χ1) is 8.93. The molecule has 0 atom stereocenters. The van der Waals surface area contributed by atoms with E-state index in [4.69, 9.17) is 5.26 Å². The van der Waals surface area contributed by atoms with Crippen molar-refractivity contribution in [1.82, 2.24) is 0 Å². The van der Waals surface area contributed by atoms with Gasteiger partial charge in [0.05, 0.1) is 11.1 Å². The number of alkyl halides is 3. The predicted molar refractivity (Wildman–Crippen MR) is 61.6 cm³/mol. The molecular formula is C14H7F4N. The molecule has 0 unspecified atom stereocenters. The molecule has 19 heavy (non-hydrogen) atoms. The van der Waals surface area contributed by atoms with Gasteiger partial charge in [0.1, 0.15) is 11.9 Å². The Bertz CT molecular complexity index is 636. The first kappa shape index (κ1) is 13.1. The van der Waals surface area contributed by atoms with E-state index in [9.17, 15) is 17.6 Å². The summed E-state index contributed by atoms with van der Waals surface area (Å²) >= 11 is 0. The van der Waals surface area contributed by atoms with Gasteiger partial charge in [-0.2, -0.15) is 18.4 Å². The smallest absolute Gasteiger partial charge is 0.206 e. The third kappa shape index (κ3) is 2.58. The highest BCUT2D eigenvalue weighted by Gasteiger charge is 2.30. The molecule has 0 N–H and O–H groups in total. The molecule has 2 aromatic rings. The highest BCUT2D eigenvalue weighted by Crippen LogP contribution is 2.32. The molecule has 0 fully saturated rings. The summed E-state index contributed by atoms with van der Waals surface area (Å²) < 4.78 is 50.7. The fraction of sp³-hybridized carbons (Fsp3) is 0.0714. The Balaban J connectivity index is 2.50. The molecule has 0 aliphatic carbocycles. The summed E-state index contributed by atoms with van der Waals surface area (Å²) in [6, 6.07) is 9.99. The van der Waals surface area contributed by atoms with Crippen LogP contribution in [0, 0.1) is 17.1 Å². The second-order valence-corrected chi connectivity index (χ2v) is 3.85. The van der Waals surface area contributed by atoms with Gasteiger partial charge in [-0.05, 0) is 23.8 Å². The molecule has 96 valence electrons. The summed E-state index contributed by atoms with van der Waals surface area (Å²) in [6.07, 6.45) is -4.42. The maximum atomic E-state index is 13.4. The molecule has 5 heteroatoms. The maximum Gasteiger partial charge on any atom is 0.416 e. The molecule has 0 saturated carbocycles. The van der Waals surface area contributed by atoms with Crippen LogP contribution in [0.1, 0.15) is 11.1 Å². The Morgan fingerprint density at radius 1 is 0.947 bits per heavy atom. The van der Waals surface area contributed by atoms with Crippen LogP contribution >= 0.6 is 0 Å². The lowest BCUT2D eigenvalue weighted by Crippen LogP contribution is -2.04. The van der Waals surface area contributed by atoms with E-state index in [1.807, 2.05) is 0 Å². The third-order valence-electron chi connectivity index (χ3n) is 2.65. The van der Waals surface area contributed by atoms with Crippen molar-refractivity contribution in [3.05, 3.63) is 59.4 Å². The van der Waals surface area contributed by atoms with Crippen LogP contribution in [0.4, 0.5) is 17.6 Å². The highest BCUT2D eigenvalue weighted by atomic mass is 19.4. The quantitative estimate of drug-likeness (QED) is 0.702. The normalized spacial score (nSPS) is 11.1. The first-order valence-electron chi connectivity index (χ1n) is 5.29. The van der Waals surface area contributed by atoms with Crippen LogP contribution < -0.4 is 0 Å². The van der Waals surface area contributed by atoms with Gasteiger partial charge in [-0.15, -0.1) is 0 Å². The Morgan fingerprint density at radius 3 is 2.11 bits per heavy atom. The lowest BCUT2D eigenvalue weighted by molar-refractivity contribution is -0.137. The van der Waals surface area contributed by atoms with Gasteiger partial charge in [0.25, 0.3) is 0 Å². The van der Waals surface area contributed by atoms with Crippen molar-refractivity contribution in [2.45, 2.75) is 6.18 Å². The van der Waals surface area contributed by atoms with E-state index in [-0.39, 0.29) is 11.1 Å². The number of rotatable bonds is 1. The van der Waals surface area contributed by atoms with Crippen LogP contribution in [0.2, 0.25) is 0 Å². The fourth-order valence-electron chi connectivity index (χ4n) is 1.72. The molecule has 0 aliphatic heterocycles. The van der Waals surface area contributed by atoms with Crippen LogP contribution in [-0.4, -0.2) is 0 Å². The average Bonchev–Trinajstić information content (AvgIpc) is 2.37. The number of halogens is 4. The molecule has 1 nitrogen and oxygen atoms in total. The molecule has 0 heterocycles. The van der Waals surface area contributed by atoms with Gasteiger partial charge in [0.2, 0.25) is 0 Å². The first-order valence-corrected chi connectivity index (χ1v) is 5.29. The van der Waals surface area contributed by atoms with Gasteiger partial charge in [0.15, 0.2) is 0 Å². The van der Waals surface area contributed by atoms with Crippen molar-refractivity contribution in [3.8, 4) is 17.2 Å². The van der Waals surface area contributed by atoms with Gasteiger partial charge in [-0.3, -0.25) is 0 Å². The zero-order valence-electron chi connectivity index (χ0n) is 9.50. The van der Waals surface area contributed by atoms with Crippen LogP contribution in [0.5, 0.6) is 0 Å². The van der Waals surface area contributed by atoms with E-state index in [0.717, 1.165) is 18.2 Å². The Hall–Kier alpha value is -2.35. The molecule has 0 amide bonds.